The molecule has 1 fully saturated rings. The van der Waals surface area contributed by atoms with Crippen LogP contribution in [0.4, 0.5) is 24.8 Å². The van der Waals surface area contributed by atoms with E-state index < -0.39 is 18.1 Å². The number of aryl methyl sites for hydroxylation is 1. The Balaban J connectivity index is 0.000000698. The van der Waals surface area contributed by atoms with Gasteiger partial charge in [0.2, 0.25) is 0 Å². The number of rotatable bonds is 11. The number of aromatic nitrogens is 5. The predicted octanol–water partition coefficient (Wildman–Crippen LogP) is 1.05. The summed E-state index contributed by atoms with van der Waals surface area (Å²) in [4.78, 5) is 46.3. The van der Waals surface area contributed by atoms with Gasteiger partial charge in [0, 0.05) is 18.9 Å². The number of carbonyl (C=O) groups is 3. The van der Waals surface area contributed by atoms with E-state index >= 15 is 0 Å². The van der Waals surface area contributed by atoms with Crippen LogP contribution in [0.2, 0.25) is 5.15 Å². The third kappa shape index (κ3) is 9.66. The van der Waals surface area contributed by atoms with Gasteiger partial charge in [0.25, 0.3) is 17.6 Å². The summed E-state index contributed by atoms with van der Waals surface area (Å²) in [7, 11) is 0. The van der Waals surface area contributed by atoms with Crippen molar-refractivity contribution in [3.05, 3.63) is 65.0 Å². The van der Waals surface area contributed by atoms with Crippen LogP contribution in [0.5, 0.6) is 5.75 Å². The lowest BCUT2D eigenvalue weighted by Gasteiger charge is -2.11. The number of imidazole rings is 1. The molecule has 1 atom stereocenters. The number of hydrogen-bond acceptors (Lipinski definition) is 11. The van der Waals surface area contributed by atoms with Gasteiger partial charge in [0.1, 0.15) is 24.8 Å². The van der Waals surface area contributed by atoms with Crippen molar-refractivity contribution in [3.8, 4) is 5.75 Å². The van der Waals surface area contributed by atoms with Crippen LogP contribution in [0.1, 0.15) is 41.8 Å². The molecule has 1 aromatic carbocycles. The normalized spacial score (nSPS) is 14.2. The molecule has 3 aromatic heterocycles. The van der Waals surface area contributed by atoms with Crippen LogP contribution >= 0.6 is 11.6 Å². The van der Waals surface area contributed by atoms with Crippen molar-refractivity contribution in [1.82, 2.24) is 30.2 Å². The quantitative estimate of drug-likeness (QED) is 0.162. The standard InChI is InChI=1S/C28H32ClN9O4.C2HF3O2/c1-2-37-20-9-8-18(42-16-22(39)33-13-17-6-3-4-10-32-17)12-21(20)38(15-19-7-5-11-41-19)23(37)14-34-28(40)24-26(30)36-27(31)25(29)35-24;3-2(4,5)1(6)7/h3-4,6,8-10,12,19H,2,5,7,11,13-16H2,1H3,(H5-,30,31,33,34,36,39,40);(H,6,7)/t19-;/m0./s1. The first-order chi connectivity index (χ1) is 23.3. The number of nitrogens with one attached hydrogen (secondary N) is 2. The van der Waals surface area contributed by atoms with Gasteiger partial charge in [-0.3, -0.25) is 14.6 Å². The number of ether oxygens (including phenoxy) is 2. The maximum Gasteiger partial charge on any atom is 0.430 e. The molecule has 6 N–H and O–H groups in total. The molecule has 5 rings (SSSR count). The van der Waals surface area contributed by atoms with E-state index in [1.165, 1.54) is 0 Å². The van der Waals surface area contributed by atoms with E-state index in [2.05, 4.69) is 34.7 Å². The number of hydrogen-bond donors (Lipinski definition) is 4. The summed E-state index contributed by atoms with van der Waals surface area (Å²) in [5, 5.41) is 14.4. The molecule has 49 heavy (non-hydrogen) atoms. The van der Waals surface area contributed by atoms with E-state index in [9.17, 15) is 22.8 Å². The molecule has 0 aliphatic carbocycles. The highest BCUT2D eigenvalue weighted by molar-refractivity contribution is 6.31. The molecule has 4 heterocycles. The van der Waals surface area contributed by atoms with Crippen molar-refractivity contribution in [2.45, 2.75) is 58.2 Å². The molecule has 0 spiro atoms. The predicted molar refractivity (Wildman–Crippen MR) is 166 cm³/mol. The fourth-order valence-corrected chi connectivity index (χ4v) is 5.07. The fraction of sp³-hybridized carbons (Fsp3) is 0.367. The Kier molecular flexibility index (Phi) is 12.1. The topological polar surface area (TPSA) is 216 Å². The Morgan fingerprint density at radius 2 is 1.90 bits per heavy atom. The number of alkyl halides is 3. The van der Waals surface area contributed by atoms with E-state index in [4.69, 9.17) is 42.4 Å². The molecule has 2 amide bonds. The molecular formula is C30H33ClF3N9O6. The second-order valence-corrected chi connectivity index (χ2v) is 10.9. The maximum absolute atomic E-state index is 13.0. The summed E-state index contributed by atoms with van der Waals surface area (Å²) in [5.74, 6) is -2.56. The van der Waals surface area contributed by atoms with E-state index in [-0.39, 0.29) is 47.6 Å². The first-order valence-corrected chi connectivity index (χ1v) is 15.3. The van der Waals surface area contributed by atoms with Crippen molar-refractivity contribution >= 4 is 52.1 Å². The van der Waals surface area contributed by atoms with Gasteiger partial charge in [0.05, 0.1) is 24.9 Å². The first kappa shape index (κ1) is 36.6. The van der Waals surface area contributed by atoms with Gasteiger partial charge in [-0.15, -0.1) is 0 Å². The zero-order valence-corrected chi connectivity index (χ0v) is 26.9. The Bertz CT molecular complexity index is 1800. The lowest BCUT2D eigenvalue weighted by atomic mass is 10.2. The number of nitrogen functional groups attached to an aromatic ring is 2. The average Bonchev–Trinajstić information content (AvgIpc) is 3.69. The van der Waals surface area contributed by atoms with Crippen molar-refractivity contribution in [1.29, 1.82) is 0 Å². The molecule has 0 radical (unpaired) electrons. The fourth-order valence-electron chi connectivity index (χ4n) is 4.94. The highest BCUT2D eigenvalue weighted by Crippen LogP contribution is 2.25. The highest BCUT2D eigenvalue weighted by Gasteiger charge is 2.30. The molecule has 0 unspecified atom stereocenters. The van der Waals surface area contributed by atoms with Crippen LogP contribution in [0.15, 0.2) is 42.6 Å². The molecule has 0 bridgehead atoms. The van der Waals surface area contributed by atoms with Crippen molar-refractivity contribution in [2.24, 2.45) is 0 Å². The minimum absolute atomic E-state index is 0.0275. The van der Waals surface area contributed by atoms with Crippen LogP contribution in [0.3, 0.4) is 0 Å². The highest BCUT2D eigenvalue weighted by atomic mass is 35.5. The third-order valence-electron chi connectivity index (χ3n) is 7.20. The zero-order chi connectivity index (χ0) is 35.7. The number of carboxylic acid groups (broad SMARTS) is 1. The summed E-state index contributed by atoms with van der Waals surface area (Å²) in [6.45, 7) is 4.31. The number of benzene rings is 1. The number of carbonyl (C=O) groups excluding carboxylic acids is 3. The third-order valence-corrected chi connectivity index (χ3v) is 7.48. The minimum Gasteiger partial charge on any atom is -0.542 e. The molecule has 1 aliphatic rings. The molecule has 4 aromatic rings. The molecule has 1 aliphatic heterocycles. The molecule has 19 heteroatoms. The van der Waals surface area contributed by atoms with Gasteiger partial charge >= 0.3 is 6.18 Å². The van der Waals surface area contributed by atoms with Crippen LogP contribution in [-0.4, -0.2) is 62.8 Å². The van der Waals surface area contributed by atoms with Crippen LogP contribution < -0.4 is 36.5 Å². The van der Waals surface area contributed by atoms with Crippen molar-refractivity contribution in [2.75, 3.05) is 24.7 Å². The number of pyridine rings is 1. The number of anilines is 2. The Hall–Kier alpha value is -5.23. The Morgan fingerprint density at radius 3 is 2.53 bits per heavy atom. The molecule has 15 nitrogen and oxygen atoms in total. The Morgan fingerprint density at radius 1 is 1.14 bits per heavy atom. The van der Waals surface area contributed by atoms with Gasteiger partial charge in [-0.25, -0.2) is 19.1 Å². The smallest absolute Gasteiger partial charge is 0.430 e. The number of carboxylic acids is 1. The number of halogens is 4. The van der Waals surface area contributed by atoms with Crippen molar-refractivity contribution < 1.29 is 46.7 Å². The average molecular weight is 708 g/mol. The van der Waals surface area contributed by atoms with Gasteiger partial charge in [0.15, 0.2) is 40.1 Å². The van der Waals surface area contributed by atoms with E-state index in [1.54, 1.807) is 6.20 Å². The zero-order valence-electron chi connectivity index (χ0n) is 26.1. The molecule has 262 valence electrons. The Labute approximate surface area is 282 Å². The van der Waals surface area contributed by atoms with Crippen LogP contribution in [0.25, 0.3) is 11.0 Å². The first-order valence-electron chi connectivity index (χ1n) is 14.9. The second kappa shape index (κ2) is 16.2. The lowest BCUT2D eigenvalue weighted by molar-refractivity contribution is -0.676. The van der Waals surface area contributed by atoms with E-state index in [0.29, 0.717) is 32.0 Å². The SMILES string of the molecule is CC[n+]1c(CNC(=O)c2nc(Cl)c(N)nc2N)n(C[C@@H]2CCCO2)c2cc(OCC(=O)NCc3ccccn3)ccc21.O=C([O-])C(F)(F)F. The largest absolute Gasteiger partial charge is 0.542 e. The van der Waals surface area contributed by atoms with Gasteiger partial charge in [-0.2, -0.15) is 13.2 Å². The summed E-state index contributed by atoms with van der Waals surface area (Å²) in [6, 6.07) is 11.2. The van der Waals surface area contributed by atoms with Gasteiger partial charge < -0.3 is 41.5 Å². The molecule has 0 saturated carbocycles. The van der Waals surface area contributed by atoms with Crippen LogP contribution in [0, 0.1) is 0 Å². The van der Waals surface area contributed by atoms with Crippen molar-refractivity contribution in [3.63, 3.8) is 0 Å². The van der Waals surface area contributed by atoms with E-state index in [1.807, 2.05) is 43.3 Å². The second-order valence-electron chi connectivity index (χ2n) is 10.5. The number of fused-ring (bicyclic) bond motifs is 1. The summed E-state index contributed by atoms with van der Waals surface area (Å²) in [6.07, 6.45) is -1.57. The summed E-state index contributed by atoms with van der Waals surface area (Å²) < 4.78 is 47.6. The number of amides is 2. The van der Waals surface area contributed by atoms with Gasteiger partial charge in [-0.1, -0.05) is 17.7 Å². The summed E-state index contributed by atoms with van der Waals surface area (Å²) >= 11 is 5.98. The maximum atomic E-state index is 13.0. The van der Waals surface area contributed by atoms with E-state index in [0.717, 1.165) is 35.4 Å². The number of aliphatic carboxylic acids is 1. The summed E-state index contributed by atoms with van der Waals surface area (Å²) in [5.41, 5.74) is 14.0. The number of nitrogens with zero attached hydrogens (tertiary/aromatic N) is 5. The minimum atomic E-state index is -5.19. The molecule has 1 saturated heterocycles. The monoisotopic (exact) mass is 707 g/mol. The number of nitrogens with two attached hydrogens (primary N) is 2. The van der Waals surface area contributed by atoms with Crippen LogP contribution in [-0.2, 0) is 40.5 Å². The lowest BCUT2D eigenvalue weighted by Crippen LogP contribution is -2.41. The van der Waals surface area contributed by atoms with Gasteiger partial charge in [-0.05, 0) is 44.0 Å². The molecular weight excluding hydrogens is 675 g/mol.